The van der Waals surface area contributed by atoms with Crippen LogP contribution in [0.1, 0.15) is 31.1 Å². The van der Waals surface area contributed by atoms with Gasteiger partial charge in [0.05, 0.1) is 30.0 Å². The van der Waals surface area contributed by atoms with E-state index in [4.69, 9.17) is 25.8 Å². The third-order valence-electron chi connectivity index (χ3n) is 4.04. The van der Waals surface area contributed by atoms with Crippen LogP contribution in [0.25, 0.3) is 0 Å². The number of halogens is 3. The van der Waals surface area contributed by atoms with Crippen molar-refractivity contribution in [3.8, 4) is 17.2 Å². The van der Waals surface area contributed by atoms with Crippen molar-refractivity contribution in [2.45, 2.75) is 33.5 Å². The molecule has 0 aromatic heterocycles. The molecule has 0 aliphatic heterocycles. The lowest BCUT2D eigenvalue weighted by Crippen LogP contribution is -2.30. The number of methoxy groups -OCH3 is 1. The summed E-state index contributed by atoms with van der Waals surface area (Å²) in [6, 6.07) is 8.39. The van der Waals surface area contributed by atoms with Gasteiger partial charge in [-0.1, -0.05) is 37.6 Å². The molecule has 0 saturated heterocycles. The van der Waals surface area contributed by atoms with Crippen molar-refractivity contribution in [3.63, 3.8) is 0 Å². The number of alkyl halides is 2. The molecule has 1 amide bonds. The molecule has 0 spiro atoms. The average Bonchev–Trinajstić information content (AvgIpc) is 2.72. The van der Waals surface area contributed by atoms with Crippen LogP contribution in [0.15, 0.2) is 36.4 Å². The number of esters is 1. The Bertz CT molecular complexity index is 954. The number of carbonyl (C=O) groups is 2. The lowest BCUT2D eigenvalue weighted by atomic mass is 10.2. The fourth-order valence-corrected chi connectivity index (χ4v) is 2.78. The SMILES string of the molecule is COc1cc(C(=O)OC(C)C(=O)Nc2ccccc2OC(F)F)cc(Cl)c1OCC(C)C. The van der Waals surface area contributed by atoms with E-state index >= 15 is 0 Å². The molecule has 0 fully saturated rings. The zero-order valence-electron chi connectivity index (χ0n) is 18.0. The Morgan fingerprint density at radius 3 is 2.41 bits per heavy atom. The Morgan fingerprint density at radius 2 is 1.78 bits per heavy atom. The van der Waals surface area contributed by atoms with Crippen LogP contribution in [-0.2, 0) is 9.53 Å². The fraction of sp³-hybridized carbons (Fsp3) is 0.364. The van der Waals surface area contributed by atoms with E-state index in [-0.39, 0.29) is 33.7 Å². The number of amides is 1. The van der Waals surface area contributed by atoms with Gasteiger partial charge < -0.3 is 24.3 Å². The van der Waals surface area contributed by atoms with Crippen LogP contribution < -0.4 is 19.5 Å². The third kappa shape index (κ3) is 6.98. The molecule has 1 N–H and O–H groups in total. The smallest absolute Gasteiger partial charge is 0.387 e. The fourth-order valence-electron chi connectivity index (χ4n) is 2.51. The Labute approximate surface area is 189 Å². The molecule has 1 unspecified atom stereocenters. The highest BCUT2D eigenvalue weighted by Crippen LogP contribution is 2.37. The van der Waals surface area contributed by atoms with E-state index < -0.39 is 24.6 Å². The van der Waals surface area contributed by atoms with E-state index in [0.717, 1.165) is 0 Å². The number of rotatable bonds is 10. The van der Waals surface area contributed by atoms with Crippen LogP contribution in [0.5, 0.6) is 17.2 Å². The maximum Gasteiger partial charge on any atom is 0.387 e. The summed E-state index contributed by atoms with van der Waals surface area (Å²) in [5.74, 6) is -1.01. The Hall–Kier alpha value is -3.07. The second-order valence-electron chi connectivity index (χ2n) is 7.11. The van der Waals surface area contributed by atoms with Gasteiger partial charge in [-0.25, -0.2) is 4.79 Å². The minimum Gasteiger partial charge on any atom is -0.493 e. The van der Waals surface area contributed by atoms with Crippen molar-refractivity contribution in [2.24, 2.45) is 5.92 Å². The molecule has 7 nitrogen and oxygen atoms in total. The predicted octanol–water partition coefficient (Wildman–Crippen LogP) is 5.17. The van der Waals surface area contributed by atoms with Crippen molar-refractivity contribution in [1.82, 2.24) is 0 Å². The minimum absolute atomic E-state index is 0.0112. The number of benzene rings is 2. The molecule has 2 rings (SSSR count). The van der Waals surface area contributed by atoms with E-state index in [1.165, 1.54) is 50.4 Å². The van der Waals surface area contributed by atoms with Crippen LogP contribution in [0.3, 0.4) is 0 Å². The largest absolute Gasteiger partial charge is 0.493 e. The van der Waals surface area contributed by atoms with E-state index in [1.807, 2.05) is 13.8 Å². The van der Waals surface area contributed by atoms with E-state index in [0.29, 0.717) is 12.4 Å². The van der Waals surface area contributed by atoms with Gasteiger partial charge in [0.15, 0.2) is 17.6 Å². The van der Waals surface area contributed by atoms with Gasteiger partial charge in [0.1, 0.15) is 5.75 Å². The summed E-state index contributed by atoms with van der Waals surface area (Å²) >= 11 is 6.24. The van der Waals surface area contributed by atoms with Gasteiger partial charge in [-0.15, -0.1) is 0 Å². The maximum atomic E-state index is 12.5. The lowest BCUT2D eigenvalue weighted by Gasteiger charge is -2.17. The van der Waals surface area contributed by atoms with Gasteiger partial charge in [-0.2, -0.15) is 8.78 Å². The molecule has 2 aromatic carbocycles. The zero-order chi connectivity index (χ0) is 23.8. The van der Waals surface area contributed by atoms with Crippen molar-refractivity contribution in [3.05, 3.63) is 47.0 Å². The van der Waals surface area contributed by atoms with Gasteiger partial charge in [0.2, 0.25) is 0 Å². The zero-order valence-corrected chi connectivity index (χ0v) is 18.7. The summed E-state index contributed by atoms with van der Waals surface area (Å²) in [6.45, 7) is 2.61. The molecule has 0 bridgehead atoms. The standard InChI is InChI=1S/C22H24ClF2NO6/c1-12(2)11-30-19-15(23)9-14(10-18(19)29-4)21(28)31-13(3)20(27)26-16-7-5-6-8-17(16)32-22(24)25/h5-10,12-13,22H,11H2,1-4H3,(H,26,27). The Kier molecular flexibility index (Phi) is 9.07. The van der Waals surface area contributed by atoms with E-state index in [9.17, 15) is 18.4 Å². The van der Waals surface area contributed by atoms with Crippen molar-refractivity contribution < 1.29 is 37.3 Å². The first-order valence-electron chi connectivity index (χ1n) is 9.68. The molecular weight excluding hydrogens is 448 g/mol. The first-order valence-corrected chi connectivity index (χ1v) is 10.1. The summed E-state index contributed by atoms with van der Waals surface area (Å²) in [7, 11) is 1.40. The van der Waals surface area contributed by atoms with Gasteiger partial charge in [0.25, 0.3) is 5.91 Å². The lowest BCUT2D eigenvalue weighted by molar-refractivity contribution is -0.123. The second kappa shape index (κ2) is 11.5. The van der Waals surface area contributed by atoms with Crippen molar-refractivity contribution in [2.75, 3.05) is 19.0 Å². The van der Waals surface area contributed by atoms with Gasteiger partial charge in [0, 0.05) is 0 Å². The maximum absolute atomic E-state index is 12.5. The number of para-hydroxylation sites is 2. The number of ether oxygens (including phenoxy) is 4. The number of hydrogen-bond donors (Lipinski definition) is 1. The van der Waals surface area contributed by atoms with Crippen LogP contribution >= 0.6 is 11.6 Å². The van der Waals surface area contributed by atoms with Crippen molar-refractivity contribution in [1.29, 1.82) is 0 Å². The minimum atomic E-state index is -3.06. The summed E-state index contributed by atoms with van der Waals surface area (Å²) in [6.07, 6.45) is -1.25. The van der Waals surface area contributed by atoms with Gasteiger partial charge in [-0.05, 0) is 37.1 Å². The Balaban J connectivity index is 2.10. The van der Waals surface area contributed by atoms with Crippen molar-refractivity contribution >= 4 is 29.2 Å². The predicted molar refractivity (Wildman–Crippen MR) is 115 cm³/mol. The highest BCUT2D eigenvalue weighted by Gasteiger charge is 2.23. The van der Waals surface area contributed by atoms with Crippen LogP contribution in [0.4, 0.5) is 14.5 Å². The molecule has 10 heteroatoms. The summed E-state index contributed by atoms with van der Waals surface area (Å²) in [4.78, 5) is 24.9. The summed E-state index contributed by atoms with van der Waals surface area (Å²) < 4.78 is 45.5. The third-order valence-corrected chi connectivity index (χ3v) is 4.32. The quantitative estimate of drug-likeness (QED) is 0.481. The molecule has 0 radical (unpaired) electrons. The van der Waals surface area contributed by atoms with Crippen LogP contribution in [0, 0.1) is 5.92 Å². The van der Waals surface area contributed by atoms with E-state index in [1.54, 1.807) is 0 Å². The van der Waals surface area contributed by atoms with Gasteiger partial charge >= 0.3 is 12.6 Å². The summed E-state index contributed by atoms with van der Waals surface area (Å²) in [5, 5.41) is 2.54. The average molecular weight is 472 g/mol. The highest BCUT2D eigenvalue weighted by atomic mass is 35.5. The number of nitrogens with one attached hydrogen (secondary N) is 1. The number of hydrogen-bond acceptors (Lipinski definition) is 6. The highest BCUT2D eigenvalue weighted by molar-refractivity contribution is 6.32. The van der Waals surface area contributed by atoms with E-state index in [2.05, 4.69) is 10.1 Å². The normalized spacial score (nSPS) is 11.8. The first-order chi connectivity index (χ1) is 15.1. The molecule has 0 aliphatic carbocycles. The molecule has 0 heterocycles. The number of carbonyl (C=O) groups excluding carboxylic acids is 2. The molecule has 174 valence electrons. The molecular formula is C22H24ClF2NO6. The molecule has 0 aliphatic rings. The Morgan fingerprint density at radius 1 is 1.09 bits per heavy atom. The topological polar surface area (TPSA) is 83.1 Å². The monoisotopic (exact) mass is 471 g/mol. The van der Waals surface area contributed by atoms with Gasteiger partial charge in [-0.3, -0.25) is 4.79 Å². The first kappa shape index (κ1) is 25.2. The summed E-state index contributed by atoms with van der Waals surface area (Å²) in [5.41, 5.74) is 0.0573. The molecule has 1 atom stereocenters. The van der Waals surface area contributed by atoms with Crippen LogP contribution in [-0.4, -0.2) is 38.3 Å². The van der Waals surface area contributed by atoms with Crippen LogP contribution in [0.2, 0.25) is 5.02 Å². The molecule has 32 heavy (non-hydrogen) atoms. The number of anilines is 1. The molecule has 2 aromatic rings. The second-order valence-corrected chi connectivity index (χ2v) is 7.51. The molecule has 0 saturated carbocycles.